The molecule has 0 bridgehead atoms. The topological polar surface area (TPSA) is 28.7 Å². The summed E-state index contributed by atoms with van der Waals surface area (Å²) in [5, 5.41) is 6.63. The van der Waals surface area contributed by atoms with Crippen molar-refractivity contribution < 1.29 is 0 Å². The molecular formula is C39H31N2P3. The van der Waals surface area contributed by atoms with Crippen molar-refractivity contribution >= 4 is 51.0 Å². The van der Waals surface area contributed by atoms with Crippen LogP contribution < -0.4 is 26.5 Å². The Morgan fingerprint density at radius 1 is 0.409 bits per heavy atom. The van der Waals surface area contributed by atoms with Gasteiger partial charge in [-0.1, -0.05) is 146 Å². The standard InChI is InChI=1S/C39H31N2P3/c42-44(31-19-8-3-9-20-31)39-26-13-11-22-33(39)35-27-28-37(41-35)36-24-14-23-34(40-36)32-21-10-12-25-38(32)43(29-15-4-1-5-16-29)30-17-6-2-7-18-30/h1-28,41H,42H2. The van der Waals surface area contributed by atoms with Crippen LogP contribution in [0.5, 0.6) is 0 Å². The van der Waals surface area contributed by atoms with Crippen LogP contribution in [-0.2, 0) is 0 Å². The second-order valence-corrected chi connectivity index (χ2v) is 15.9. The largest absolute Gasteiger partial charge is 0.353 e. The third-order valence-corrected chi connectivity index (χ3v) is 13.6. The van der Waals surface area contributed by atoms with Gasteiger partial charge in [0.25, 0.3) is 0 Å². The maximum atomic E-state index is 5.23. The van der Waals surface area contributed by atoms with Gasteiger partial charge in [0.05, 0.1) is 17.1 Å². The summed E-state index contributed by atoms with van der Waals surface area (Å²) < 4.78 is 0. The molecule has 7 aromatic rings. The van der Waals surface area contributed by atoms with E-state index < -0.39 is 15.5 Å². The van der Waals surface area contributed by atoms with Crippen molar-refractivity contribution in [1.82, 2.24) is 9.97 Å². The number of H-pyrrole nitrogens is 1. The Bertz CT molecular complexity index is 1950. The summed E-state index contributed by atoms with van der Waals surface area (Å²) in [6, 6.07) is 60.6. The number of rotatable bonds is 8. The summed E-state index contributed by atoms with van der Waals surface area (Å²) in [7, 11) is 1.77. The Morgan fingerprint density at radius 3 is 1.57 bits per heavy atom. The molecule has 2 heterocycles. The van der Waals surface area contributed by atoms with Gasteiger partial charge in [0.15, 0.2) is 0 Å². The van der Waals surface area contributed by atoms with E-state index in [2.05, 4.69) is 184 Å². The van der Waals surface area contributed by atoms with E-state index >= 15 is 0 Å². The summed E-state index contributed by atoms with van der Waals surface area (Å²) in [6.45, 7) is 0. The molecular weight excluding hydrogens is 589 g/mol. The predicted molar refractivity (Wildman–Crippen MR) is 196 cm³/mol. The highest BCUT2D eigenvalue weighted by molar-refractivity contribution is 8.21. The first-order chi connectivity index (χ1) is 21.8. The van der Waals surface area contributed by atoms with Crippen LogP contribution in [0, 0.1) is 0 Å². The molecule has 0 aliphatic rings. The Hall–Kier alpha value is -4.18. The highest BCUT2D eigenvalue weighted by Crippen LogP contribution is 2.45. The van der Waals surface area contributed by atoms with Gasteiger partial charge in [0, 0.05) is 16.8 Å². The molecule has 2 unspecified atom stereocenters. The Labute approximate surface area is 263 Å². The monoisotopic (exact) mass is 620 g/mol. The first kappa shape index (κ1) is 28.6. The third kappa shape index (κ3) is 5.95. The van der Waals surface area contributed by atoms with Crippen LogP contribution in [0.1, 0.15) is 0 Å². The molecule has 0 saturated heterocycles. The highest BCUT2D eigenvalue weighted by atomic mass is 32.0. The Morgan fingerprint density at radius 2 is 0.909 bits per heavy atom. The number of benzene rings is 5. The molecule has 0 radical (unpaired) electrons. The molecule has 0 fully saturated rings. The SMILES string of the molecule is PP(c1ccccc1)c1ccccc1-c1ccc(-c2cccc(-c3ccccc3P(c3ccccc3)c3ccccc3)n2)[nH]1. The van der Waals surface area contributed by atoms with E-state index in [-0.39, 0.29) is 0 Å². The quantitative estimate of drug-likeness (QED) is 0.170. The summed E-state index contributed by atoms with van der Waals surface area (Å²) >= 11 is 0. The fraction of sp³-hybridized carbons (Fsp3) is 0. The minimum atomic E-state index is -0.758. The molecule has 44 heavy (non-hydrogen) atoms. The lowest BCUT2D eigenvalue weighted by Crippen LogP contribution is -2.22. The second-order valence-electron chi connectivity index (χ2n) is 10.4. The molecule has 0 aliphatic carbocycles. The van der Waals surface area contributed by atoms with E-state index in [1.807, 2.05) is 0 Å². The molecule has 5 aromatic carbocycles. The number of aromatic amines is 1. The average Bonchev–Trinajstić information content (AvgIpc) is 3.60. The minimum absolute atomic E-state index is 0.561. The van der Waals surface area contributed by atoms with E-state index in [4.69, 9.17) is 4.98 Å². The van der Waals surface area contributed by atoms with Crippen molar-refractivity contribution in [1.29, 1.82) is 0 Å². The van der Waals surface area contributed by atoms with Crippen molar-refractivity contribution in [3.05, 3.63) is 170 Å². The van der Waals surface area contributed by atoms with Crippen molar-refractivity contribution in [2.75, 3.05) is 0 Å². The van der Waals surface area contributed by atoms with Crippen molar-refractivity contribution in [2.45, 2.75) is 0 Å². The Kier molecular flexibility index (Phi) is 8.58. The Balaban J connectivity index is 1.26. The van der Waals surface area contributed by atoms with Gasteiger partial charge in [-0.15, -0.1) is 8.93 Å². The zero-order chi connectivity index (χ0) is 29.7. The van der Waals surface area contributed by atoms with Crippen LogP contribution in [0.25, 0.3) is 33.9 Å². The lowest BCUT2D eigenvalue weighted by atomic mass is 10.1. The number of nitrogens with zero attached hydrogens (tertiary/aromatic N) is 1. The van der Waals surface area contributed by atoms with Gasteiger partial charge >= 0.3 is 0 Å². The number of hydrogen-bond acceptors (Lipinski definition) is 1. The van der Waals surface area contributed by atoms with Crippen molar-refractivity contribution in [3.63, 3.8) is 0 Å². The molecule has 0 spiro atoms. The second kappa shape index (κ2) is 13.2. The first-order valence-corrected chi connectivity index (χ1v) is 18.9. The van der Waals surface area contributed by atoms with Gasteiger partial charge in [-0.2, -0.15) is 0 Å². The van der Waals surface area contributed by atoms with E-state index in [1.165, 1.54) is 37.6 Å². The van der Waals surface area contributed by atoms with Crippen LogP contribution in [0.2, 0.25) is 0 Å². The van der Waals surface area contributed by atoms with Gasteiger partial charge in [0.1, 0.15) is 0 Å². The van der Waals surface area contributed by atoms with Gasteiger partial charge in [-0.25, -0.2) is 4.98 Å². The van der Waals surface area contributed by atoms with Crippen LogP contribution >= 0.6 is 24.5 Å². The summed E-state index contributed by atoms with van der Waals surface area (Å²) in [5.41, 5.74) is 6.41. The maximum absolute atomic E-state index is 5.23. The summed E-state index contributed by atoms with van der Waals surface area (Å²) in [6.07, 6.45) is 0. The molecule has 0 aliphatic heterocycles. The zero-order valence-electron chi connectivity index (χ0n) is 24.1. The fourth-order valence-electron chi connectivity index (χ4n) is 5.54. The predicted octanol–water partition coefficient (Wildman–Crippen LogP) is 8.39. The molecule has 0 amide bonds. The smallest absolute Gasteiger partial charge is 0.0872 e. The van der Waals surface area contributed by atoms with Crippen LogP contribution in [0.15, 0.2) is 170 Å². The highest BCUT2D eigenvalue weighted by Gasteiger charge is 2.21. The molecule has 7 rings (SSSR count). The lowest BCUT2D eigenvalue weighted by molar-refractivity contribution is 1.28. The number of pyridine rings is 1. The van der Waals surface area contributed by atoms with E-state index in [1.54, 1.807) is 0 Å². The third-order valence-electron chi connectivity index (χ3n) is 7.65. The average molecular weight is 621 g/mol. The first-order valence-electron chi connectivity index (χ1n) is 14.6. The molecule has 2 atom stereocenters. The zero-order valence-corrected chi connectivity index (χ0v) is 27.0. The van der Waals surface area contributed by atoms with Crippen LogP contribution in [0.3, 0.4) is 0 Å². The van der Waals surface area contributed by atoms with Crippen molar-refractivity contribution in [2.24, 2.45) is 0 Å². The number of aromatic nitrogens is 2. The molecule has 5 heteroatoms. The van der Waals surface area contributed by atoms with Crippen LogP contribution in [0.4, 0.5) is 0 Å². The fourth-order valence-corrected chi connectivity index (χ4v) is 10.7. The van der Waals surface area contributed by atoms with Gasteiger partial charge in [-0.05, 0) is 66.3 Å². The molecule has 212 valence electrons. The maximum Gasteiger partial charge on any atom is 0.0872 e. The summed E-state index contributed by atoms with van der Waals surface area (Å²) in [4.78, 5) is 8.94. The normalized spacial score (nSPS) is 11.9. The van der Waals surface area contributed by atoms with E-state index in [0.717, 1.165) is 22.8 Å². The number of hydrogen-bond donors (Lipinski definition) is 1. The minimum Gasteiger partial charge on any atom is -0.353 e. The van der Waals surface area contributed by atoms with Gasteiger partial charge < -0.3 is 4.98 Å². The van der Waals surface area contributed by atoms with Gasteiger partial charge in [0.2, 0.25) is 0 Å². The molecule has 0 saturated carbocycles. The van der Waals surface area contributed by atoms with Crippen molar-refractivity contribution in [3.8, 4) is 33.9 Å². The van der Waals surface area contributed by atoms with E-state index in [0.29, 0.717) is 0 Å². The van der Waals surface area contributed by atoms with E-state index in [9.17, 15) is 0 Å². The summed E-state index contributed by atoms with van der Waals surface area (Å²) in [5.74, 6) is 0. The number of nitrogens with one attached hydrogen (secondary N) is 1. The lowest BCUT2D eigenvalue weighted by Gasteiger charge is -2.22. The van der Waals surface area contributed by atoms with Gasteiger partial charge in [-0.3, -0.25) is 0 Å². The molecule has 1 N–H and O–H groups in total. The van der Waals surface area contributed by atoms with Crippen LogP contribution in [-0.4, -0.2) is 9.97 Å². The molecule has 2 nitrogen and oxygen atoms in total. The molecule has 2 aromatic heterocycles.